The van der Waals surface area contributed by atoms with Crippen LogP contribution in [-0.4, -0.2) is 18.3 Å². The van der Waals surface area contributed by atoms with Crippen LogP contribution in [0.4, 0.5) is 5.69 Å². The largest absolute Gasteiger partial charge is 0.494 e. The Kier molecular flexibility index (Phi) is 5.89. The van der Waals surface area contributed by atoms with Gasteiger partial charge < -0.3 is 14.5 Å². The summed E-state index contributed by atoms with van der Waals surface area (Å²) in [6, 6.07) is 13.6. The zero-order valence-corrected chi connectivity index (χ0v) is 15.8. The number of hydrogen-bond acceptors (Lipinski definition) is 5. The normalized spacial score (nSPS) is 10.6. The first kappa shape index (κ1) is 19.4. The van der Waals surface area contributed by atoms with Crippen LogP contribution in [-0.2, 0) is 4.79 Å². The molecule has 0 saturated carbocycles. The van der Waals surface area contributed by atoms with Gasteiger partial charge in [-0.05, 0) is 62.2 Å². The number of fused-ring (bicyclic) bond motifs is 1. The van der Waals surface area contributed by atoms with Crippen LogP contribution >= 0.6 is 0 Å². The molecule has 3 rings (SSSR count). The van der Waals surface area contributed by atoms with Gasteiger partial charge in [0.05, 0.1) is 6.61 Å². The summed E-state index contributed by atoms with van der Waals surface area (Å²) in [5.74, 6) is 0.515. The third-order valence-corrected chi connectivity index (χ3v) is 4.31. The lowest BCUT2D eigenvalue weighted by Crippen LogP contribution is -2.13. The minimum Gasteiger partial charge on any atom is -0.494 e. The van der Waals surface area contributed by atoms with Crippen LogP contribution in [0.2, 0.25) is 0 Å². The van der Waals surface area contributed by atoms with E-state index in [9.17, 15) is 14.4 Å². The van der Waals surface area contributed by atoms with Crippen molar-refractivity contribution in [3.8, 4) is 5.75 Å². The highest BCUT2D eigenvalue weighted by Gasteiger charge is 2.07. The number of aryl methyl sites for hydroxylation is 1. The van der Waals surface area contributed by atoms with Crippen molar-refractivity contribution < 1.29 is 18.7 Å². The predicted molar refractivity (Wildman–Crippen MR) is 107 cm³/mol. The fourth-order valence-corrected chi connectivity index (χ4v) is 2.83. The Labute approximate surface area is 162 Å². The summed E-state index contributed by atoms with van der Waals surface area (Å²) in [5.41, 5.74) is 2.07. The van der Waals surface area contributed by atoms with Crippen molar-refractivity contribution >= 4 is 28.3 Å². The van der Waals surface area contributed by atoms with Crippen molar-refractivity contribution in [1.29, 1.82) is 0 Å². The zero-order chi connectivity index (χ0) is 20.1. The number of amides is 1. The molecule has 6 nitrogen and oxygen atoms in total. The van der Waals surface area contributed by atoms with Crippen LogP contribution in [0.15, 0.2) is 57.7 Å². The topological polar surface area (TPSA) is 85.6 Å². The van der Waals surface area contributed by atoms with Gasteiger partial charge in [0.2, 0.25) is 5.91 Å². The average molecular weight is 379 g/mol. The summed E-state index contributed by atoms with van der Waals surface area (Å²) < 4.78 is 10.8. The smallest absolute Gasteiger partial charge is 0.336 e. The number of benzene rings is 2. The highest BCUT2D eigenvalue weighted by molar-refractivity contribution is 5.94. The molecule has 1 heterocycles. The summed E-state index contributed by atoms with van der Waals surface area (Å²) in [7, 11) is 0. The molecule has 6 heteroatoms. The van der Waals surface area contributed by atoms with Crippen molar-refractivity contribution in [2.45, 2.75) is 26.7 Å². The maximum atomic E-state index is 12.1. The van der Waals surface area contributed by atoms with E-state index in [1.54, 1.807) is 36.4 Å². The molecule has 0 unspecified atom stereocenters. The van der Waals surface area contributed by atoms with Gasteiger partial charge in [0.15, 0.2) is 5.78 Å². The van der Waals surface area contributed by atoms with Crippen molar-refractivity contribution in [1.82, 2.24) is 0 Å². The maximum absolute atomic E-state index is 12.1. The van der Waals surface area contributed by atoms with E-state index < -0.39 is 5.63 Å². The maximum Gasteiger partial charge on any atom is 0.336 e. The Morgan fingerprint density at radius 1 is 1.07 bits per heavy atom. The fourth-order valence-electron chi connectivity index (χ4n) is 2.83. The SMILES string of the molecule is CC(=O)c1ccc(OCCCC(=O)Nc2ccc3c(C)cc(=O)oc3c2)cc1. The van der Waals surface area contributed by atoms with Crippen LogP contribution in [0.1, 0.15) is 35.7 Å². The van der Waals surface area contributed by atoms with E-state index in [0.29, 0.717) is 42.0 Å². The molecule has 144 valence electrons. The first-order valence-corrected chi connectivity index (χ1v) is 9.00. The minimum absolute atomic E-state index is 0.00588. The van der Waals surface area contributed by atoms with Gasteiger partial charge in [0, 0.05) is 35.2 Å². The van der Waals surface area contributed by atoms with Gasteiger partial charge >= 0.3 is 5.63 Å². The van der Waals surface area contributed by atoms with Crippen LogP contribution in [0.25, 0.3) is 11.0 Å². The van der Waals surface area contributed by atoms with Crippen LogP contribution in [0.5, 0.6) is 5.75 Å². The number of carbonyl (C=O) groups excluding carboxylic acids is 2. The molecule has 0 fully saturated rings. The molecular weight excluding hydrogens is 358 g/mol. The molecule has 1 aromatic heterocycles. The molecule has 1 N–H and O–H groups in total. The quantitative estimate of drug-likeness (QED) is 0.379. The number of hydrogen-bond donors (Lipinski definition) is 1. The highest BCUT2D eigenvalue weighted by atomic mass is 16.5. The highest BCUT2D eigenvalue weighted by Crippen LogP contribution is 2.21. The average Bonchev–Trinajstić information content (AvgIpc) is 2.65. The van der Waals surface area contributed by atoms with Gasteiger partial charge in [-0.25, -0.2) is 4.79 Å². The summed E-state index contributed by atoms with van der Waals surface area (Å²) >= 11 is 0. The summed E-state index contributed by atoms with van der Waals surface area (Å²) in [5, 5.41) is 3.63. The summed E-state index contributed by atoms with van der Waals surface area (Å²) in [4.78, 5) is 34.9. The summed E-state index contributed by atoms with van der Waals surface area (Å²) in [6.07, 6.45) is 0.837. The van der Waals surface area contributed by atoms with E-state index in [0.717, 1.165) is 10.9 Å². The Bertz CT molecular complexity index is 1070. The molecule has 1 amide bonds. The second-order valence-corrected chi connectivity index (χ2v) is 6.54. The number of carbonyl (C=O) groups is 2. The fraction of sp³-hybridized carbons (Fsp3) is 0.227. The molecule has 0 atom stereocenters. The first-order valence-electron chi connectivity index (χ1n) is 9.00. The van der Waals surface area contributed by atoms with E-state index in [2.05, 4.69) is 5.32 Å². The molecule has 0 aliphatic heterocycles. The van der Waals surface area contributed by atoms with Gasteiger partial charge in [-0.15, -0.1) is 0 Å². The van der Waals surface area contributed by atoms with Crippen LogP contribution in [0.3, 0.4) is 0 Å². The Balaban J connectivity index is 1.49. The summed E-state index contributed by atoms with van der Waals surface area (Å²) in [6.45, 7) is 3.74. The Hall–Kier alpha value is -3.41. The monoisotopic (exact) mass is 379 g/mol. The van der Waals surface area contributed by atoms with Gasteiger partial charge in [-0.3, -0.25) is 9.59 Å². The van der Waals surface area contributed by atoms with Crippen molar-refractivity contribution in [2.75, 3.05) is 11.9 Å². The Morgan fingerprint density at radius 2 is 1.82 bits per heavy atom. The van der Waals surface area contributed by atoms with E-state index in [-0.39, 0.29) is 11.7 Å². The van der Waals surface area contributed by atoms with Crippen molar-refractivity contribution in [2.24, 2.45) is 0 Å². The second kappa shape index (κ2) is 8.52. The number of Topliss-reactive ketones (excluding diaryl/α,β-unsaturated/α-hetero) is 1. The lowest BCUT2D eigenvalue weighted by molar-refractivity contribution is -0.116. The van der Waals surface area contributed by atoms with Crippen LogP contribution in [0, 0.1) is 6.92 Å². The standard InChI is InChI=1S/C22H21NO5/c1-14-12-22(26)28-20-13-17(7-10-19(14)20)23-21(25)4-3-11-27-18-8-5-16(6-9-18)15(2)24/h5-10,12-13H,3-4,11H2,1-2H3,(H,23,25). The lowest BCUT2D eigenvalue weighted by Gasteiger charge is -2.08. The number of ether oxygens (including phenoxy) is 1. The number of anilines is 1. The molecule has 28 heavy (non-hydrogen) atoms. The third kappa shape index (κ3) is 4.85. The molecule has 0 radical (unpaired) electrons. The van der Waals surface area contributed by atoms with Gasteiger partial charge in [-0.2, -0.15) is 0 Å². The molecule has 0 saturated heterocycles. The van der Waals surface area contributed by atoms with Crippen LogP contribution < -0.4 is 15.7 Å². The predicted octanol–water partition coefficient (Wildman–Crippen LogP) is 4.10. The number of nitrogens with one attached hydrogen (secondary N) is 1. The molecule has 0 spiro atoms. The third-order valence-electron chi connectivity index (χ3n) is 4.31. The number of ketones is 1. The van der Waals surface area contributed by atoms with Crippen molar-refractivity contribution in [3.63, 3.8) is 0 Å². The van der Waals surface area contributed by atoms with E-state index in [4.69, 9.17) is 9.15 Å². The molecule has 0 bridgehead atoms. The Morgan fingerprint density at radius 3 is 2.54 bits per heavy atom. The van der Waals surface area contributed by atoms with Gasteiger partial charge in [0.1, 0.15) is 11.3 Å². The van der Waals surface area contributed by atoms with Crippen molar-refractivity contribution in [3.05, 3.63) is 70.1 Å². The second-order valence-electron chi connectivity index (χ2n) is 6.54. The van der Waals surface area contributed by atoms with E-state index in [1.165, 1.54) is 13.0 Å². The van der Waals surface area contributed by atoms with Gasteiger partial charge in [0.25, 0.3) is 0 Å². The molecule has 3 aromatic rings. The molecule has 0 aliphatic carbocycles. The molecule has 0 aliphatic rings. The zero-order valence-electron chi connectivity index (χ0n) is 15.8. The molecular formula is C22H21NO5. The number of rotatable bonds is 7. The first-order chi connectivity index (χ1) is 13.4. The van der Waals surface area contributed by atoms with E-state index >= 15 is 0 Å². The van der Waals surface area contributed by atoms with Gasteiger partial charge in [-0.1, -0.05) is 0 Å². The lowest BCUT2D eigenvalue weighted by atomic mass is 10.1. The minimum atomic E-state index is -0.415. The van der Waals surface area contributed by atoms with E-state index in [1.807, 2.05) is 13.0 Å². The molecule has 2 aromatic carbocycles.